The van der Waals surface area contributed by atoms with Crippen LogP contribution in [0, 0.1) is 10.1 Å². The molecule has 0 atom stereocenters. The van der Waals surface area contributed by atoms with E-state index in [9.17, 15) is 10.1 Å². The first-order valence-electron chi connectivity index (χ1n) is 7.28. The number of nitrogens with zero attached hydrogens (tertiary/aromatic N) is 5. The zero-order valence-electron chi connectivity index (χ0n) is 12.8. The number of non-ortho nitro benzene ring substituents is 1. The standard InChI is InChI=1S/C15H17N5O3/c1-18(12-3-2-4-13(9-12)20(21)22)14-10-15(17-11-16-14)19-5-7-23-8-6-19/h2-4,9-11H,5-8H2,1H3. The molecule has 0 amide bonds. The van der Waals surface area contributed by atoms with Gasteiger partial charge in [0.25, 0.3) is 5.69 Å². The van der Waals surface area contributed by atoms with Crippen LogP contribution in [-0.4, -0.2) is 48.2 Å². The van der Waals surface area contributed by atoms with E-state index in [2.05, 4.69) is 14.9 Å². The summed E-state index contributed by atoms with van der Waals surface area (Å²) in [6.07, 6.45) is 1.51. The smallest absolute Gasteiger partial charge is 0.271 e. The molecule has 1 aromatic carbocycles. The molecule has 0 radical (unpaired) electrons. The fourth-order valence-electron chi connectivity index (χ4n) is 2.43. The zero-order chi connectivity index (χ0) is 16.2. The van der Waals surface area contributed by atoms with Gasteiger partial charge in [0.2, 0.25) is 0 Å². The summed E-state index contributed by atoms with van der Waals surface area (Å²) >= 11 is 0. The largest absolute Gasteiger partial charge is 0.378 e. The van der Waals surface area contributed by atoms with Gasteiger partial charge in [0.15, 0.2) is 0 Å². The van der Waals surface area contributed by atoms with Crippen LogP contribution in [0.5, 0.6) is 0 Å². The van der Waals surface area contributed by atoms with Crippen LogP contribution >= 0.6 is 0 Å². The van der Waals surface area contributed by atoms with Gasteiger partial charge in [-0.3, -0.25) is 10.1 Å². The topological polar surface area (TPSA) is 84.6 Å². The first-order chi connectivity index (χ1) is 11.1. The lowest BCUT2D eigenvalue weighted by atomic mass is 10.2. The normalized spacial score (nSPS) is 14.6. The van der Waals surface area contributed by atoms with Crippen molar-refractivity contribution in [2.24, 2.45) is 0 Å². The van der Waals surface area contributed by atoms with Gasteiger partial charge in [0, 0.05) is 44.0 Å². The summed E-state index contributed by atoms with van der Waals surface area (Å²) in [5, 5.41) is 10.9. The third-order valence-electron chi connectivity index (χ3n) is 3.74. The predicted octanol–water partition coefficient (Wildman–Crippen LogP) is 1.99. The van der Waals surface area contributed by atoms with Crippen LogP contribution < -0.4 is 9.80 Å². The fourth-order valence-corrected chi connectivity index (χ4v) is 2.43. The monoisotopic (exact) mass is 315 g/mol. The highest BCUT2D eigenvalue weighted by Gasteiger charge is 2.15. The number of aromatic nitrogens is 2. The minimum atomic E-state index is -0.406. The van der Waals surface area contributed by atoms with E-state index >= 15 is 0 Å². The van der Waals surface area contributed by atoms with E-state index in [0.29, 0.717) is 24.7 Å². The van der Waals surface area contributed by atoms with Gasteiger partial charge < -0.3 is 14.5 Å². The highest BCUT2D eigenvalue weighted by molar-refractivity contribution is 5.64. The van der Waals surface area contributed by atoms with Crippen LogP contribution in [-0.2, 0) is 4.74 Å². The Labute approximate surface area is 133 Å². The SMILES string of the molecule is CN(c1cccc([N+](=O)[O-])c1)c1cc(N2CCOCC2)ncn1. The van der Waals surface area contributed by atoms with E-state index in [1.807, 2.05) is 19.2 Å². The van der Waals surface area contributed by atoms with Crippen molar-refractivity contribution in [2.75, 3.05) is 43.2 Å². The van der Waals surface area contributed by atoms with Crippen LogP contribution in [0.25, 0.3) is 0 Å². The third kappa shape index (κ3) is 3.37. The van der Waals surface area contributed by atoms with Gasteiger partial charge in [0.1, 0.15) is 18.0 Å². The second kappa shape index (κ2) is 6.57. The molecule has 120 valence electrons. The Morgan fingerprint density at radius 3 is 2.78 bits per heavy atom. The Bertz CT molecular complexity index is 703. The second-order valence-electron chi connectivity index (χ2n) is 5.17. The number of nitro groups is 1. The number of hydrogen-bond acceptors (Lipinski definition) is 7. The predicted molar refractivity (Wildman–Crippen MR) is 86.2 cm³/mol. The van der Waals surface area contributed by atoms with E-state index in [0.717, 1.165) is 18.9 Å². The van der Waals surface area contributed by atoms with Crippen molar-refractivity contribution in [3.63, 3.8) is 0 Å². The van der Waals surface area contributed by atoms with E-state index in [4.69, 9.17) is 4.74 Å². The average molecular weight is 315 g/mol. The quantitative estimate of drug-likeness (QED) is 0.630. The molecule has 1 aliphatic heterocycles. The van der Waals surface area contributed by atoms with Gasteiger partial charge in [-0.25, -0.2) is 9.97 Å². The molecule has 3 rings (SSSR count). The lowest BCUT2D eigenvalue weighted by molar-refractivity contribution is -0.384. The molecule has 8 nitrogen and oxygen atoms in total. The second-order valence-corrected chi connectivity index (χ2v) is 5.17. The number of hydrogen-bond donors (Lipinski definition) is 0. The number of rotatable bonds is 4. The zero-order valence-corrected chi connectivity index (χ0v) is 12.8. The van der Waals surface area contributed by atoms with E-state index in [1.54, 1.807) is 11.0 Å². The highest BCUT2D eigenvalue weighted by Crippen LogP contribution is 2.27. The summed E-state index contributed by atoms with van der Waals surface area (Å²) in [5.74, 6) is 1.51. The Morgan fingerprint density at radius 2 is 2.04 bits per heavy atom. The van der Waals surface area contributed by atoms with Crippen LogP contribution in [0.15, 0.2) is 36.7 Å². The summed E-state index contributed by atoms with van der Waals surface area (Å²) in [6, 6.07) is 8.34. The minimum absolute atomic E-state index is 0.0526. The lowest BCUT2D eigenvalue weighted by Gasteiger charge is -2.28. The molecular formula is C15H17N5O3. The van der Waals surface area contributed by atoms with Crippen molar-refractivity contribution in [1.29, 1.82) is 0 Å². The number of morpholine rings is 1. The Morgan fingerprint density at radius 1 is 1.26 bits per heavy atom. The molecular weight excluding hydrogens is 298 g/mol. The molecule has 23 heavy (non-hydrogen) atoms. The summed E-state index contributed by atoms with van der Waals surface area (Å²) < 4.78 is 5.34. The fraction of sp³-hybridized carbons (Fsp3) is 0.333. The highest BCUT2D eigenvalue weighted by atomic mass is 16.6. The van der Waals surface area contributed by atoms with Gasteiger partial charge in [-0.2, -0.15) is 0 Å². The minimum Gasteiger partial charge on any atom is -0.378 e. The van der Waals surface area contributed by atoms with Gasteiger partial charge >= 0.3 is 0 Å². The Balaban J connectivity index is 1.86. The molecule has 0 aliphatic carbocycles. The van der Waals surface area contributed by atoms with Gasteiger partial charge in [-0.05, 0) is 6.07 Å². The van der Waals surface area contributed by atoms with Gasteiger partial charge in [-0.15, -0.1) is 0 Å². The van der Waals surface area contributed by atoms with Crippen LogP contribution in [0.1, 0.15) is 0 Å². The molecule has 1 aromatic heterocycles. The Hall–Kier alpha value is -2.74. The lowest BCUT2D eigenvalue weighted by Crippen LogP contribution is -2.36. The van der Waals surface area contributed by atoms with Crippen LogP contribution in [0.4, 0.5) is 23.0 Å². The number of anilines is 3. The molecule has 1 aliphatic rings. The van der Waals surface area contributed by atoms with Crippen LogP contribution in [0.2, 0.25) is 0 Å². The van der Waals surface area contributed by atoms with Crippen molar-refractivity contribution < 1.29 is 9.66 Å². The molecule has 8 heteroatoms. The van der Waals surface area contributed by atoms with Gasteiger partial charge in [-0.1, -0.05) is 6.07 Å². The van der Waals surface area contributed by atoms with E-state index in [1.165, 1.54) is 18.5 Å². The van der Waals surface area contributed by atoms with E-state index < -0.39 is 4.92 Å². The molecule has 0 N–H and O–H groups in total. The summed E-state index contributed by atoms with van der Waals surface area (Å²) in [7, 11) is 1.82. The Kier molecular flexibility index (Phi) is 4.33. The van der Waals surface area contributed by atoms with Crippen LogP contribution in [0.3, 0.4) is 0 Å². The first-order valence-corrected chi connectivity index (χ1v) is 7.28. The summed E-state index contributed by atoms with van der Waals surface area (Å²) in [5.41, 5.74) is 0.752. The molecule has 1 saturated heterocycles. The molecule has 1 fully saturated rings. The summed E-state index contributed by atoms with van der Waals surface area (Å²) in [6.45, 7) is 2.94. The average Bonchev–Trinajstić information content (AvgIpc) is 2.62. The van der Waals surface area contributed by atoms with Crippen molar-refractivity contribution in [2.45, 2.75) is 0 Å². The molecule has 0 saturated carbocycles. The summed E-state index contributed by atoms with van der Waals surface area (Å²) in [4.78, 5) is 23.0. The number of nitro benzene ring substituents is 1. The third-order valence-corrected chi connectivity index (χ3v) is 3.74. The number of benzene rings is 1. The maximum atomic E-state index is 10.9. The maximum Gasteiger partial charge on any atom is 0.271 e. The molecule has 2 aromatic rings. The van der Waals surface area contributed by atoms with Crippen molar-refractivity contribution >= 4 is 23.0 Å². The maximum absolute atomic E-state index is 10.9. The molecule has 0 spiro atoms. The van der Waals surface area contributed by atoms with Gasteiger partial charge in [0.05, 0.1) is 18.1 Å². The first kappa shape index (κ1) is 15.2. The number of ether oxygens (including phenoxy) is 1. The van der Waals surface area contributed by atoms with Crippen molar-refractivity contribution in [3.8, 4) is 0 Å². The molecule has 2 heterocycles. The van der Waals surface area contributed by atoms with Crippen molar-refractivity contribution in [1.82, 2.24) is 9.97 Å². The van der Waals surface area contributed by atoms with E-state index in [-0.39, 0.29) is 5.69 Å². The van der Waals surface area contributed by atoms with Crippen molar-refractivity contribution in [3.05, 3.63) is 46.8 Å². The molecule has 0 bridgehead atoms. The molecule has 0 unspecified atom stereocenters.